The fraction of sp³-hybridized carbons (Fsp3) is 0.391. The fourth-order valence-electron chi connectivity index (χ4n) is 3.68. The van der Waals surface area contributed by atoms with Crippen LogP contribution in [-0.4, -0.2) is 35.2 Å². The monoisotopic (exact) mass is 381 g/mol. The molecular formula is C23H27NO4. The largest absolute Gasteiger partial charge is 0.441 e. The molecule has 5 nitrogen and oxygen atoms in total. The number of amides is 1. The summed E-state index contributed by atoms with van der Waals surface area (Å²) in [7, 11) is 0. The first kappa shape index (κ1) is 19.9. The fourth-order valence-corrected chi connectivity index (χ4v) is 3.68. The maximum absolute atomic E-state index is 12.5. The summed E-state index contributed by atoms with van der Waals surface area (Å²) in [6.45, 7) is 5.96. The number of rotatable bonds is 7. The van der Waals surface area contributed by atoms with Crippen LogP contribution in [0.1, 0.15) is 38.3 Å². The van der Waals surface area contributed by atoms with E-state index in [-0.39, 0.29) is 18.1 Å². The quantitative estimate of drug-likeness (QED) is 0.527. The van der Waals surface area contributed by atoms with Crippen molar-refractivity contribution < 1.29 is 19.1 Å². The molecule has 0 N–H and O–H groups in total. The van der Waals surface area contributed by atoms with E-state index in [9.17, 15) is 9.59 Å². The number of carbonyl (C=O) groups excluding carboxylic acids is 2. The third kappa shape index (κ3) is 4.91. The van der Waals surface area contributed by atoms with Crippen molar-refractivity contribution in [2.75, 3.05) is 6.54 Å². The van der Waals surface area contributed by atoms with Gasteiger partial charge >= 0.3 is 12.1 Å². The lowest BCUT2D eigenvalue weighted by atomic mass is 9.92. The average molecular weight is 381 g/mol. The van der Waals surface area contributed by atoms with Crippen LogP contribution in [0.4, 0.5) is 4.79 Å². The van der Waals surface area contributed by atoms with Crippen LogP contribution in [-0.2, 0) is 22.4 Å². The molecule has 1 fully saturated rings. The van der Waals surface area contributed by atoms with Gasteiger partial charge in [0, 0.05) is 13.5 Å². The summed E-state index contributed by atoms with van der Waals surface area (Å²) in [5, 5.41) is 0. The van der Waals surface area contributed by atoms with Crippen molar-refractivity contribution in [1.82, 2.24) is 4.90 Å². The summed E-state index contributed by atoms with van der Waals surface area (Å²) in [6.07, 6.45) is 2.11. The molecule has 0 saturated carbocycles. The Labute approximate surface area is 166 Å². The molecule has 1 unspecified atom stereocenters. The van der Waals surface area contributed by atoms with E-state index in [2.05, 4.69) is 12.1 Å². The van der Waals surface area contributed by atoms with Gasteiger partial charge in [-0.1, -0.05) is 42.5 Å². The van der Waals surface area contributed by atoms with Crippen LogP contribution < -0.4 is 4.74 Å². The van der Waals surface area contributed by atoms with E-state index in [0.717, 1.165) is 24.8 Å². The minimum Gasteiger partial charge on any atom is -0.441 e. The van der Waals surface area contributed by atoms with E-state index in [0.29, 0.717) is 12.3 Å². The van der Waals surface area contributed by atoms with Crippen LogP contribution in [0.25, 0.3) is 0 Å². The summed E-state index contributed by atoms with van der Waals surface area (Å²) < 4.78 is 10.8. The lowest BCUT2D eigenvalue weighted by Gasteiger charge is -2.29. The highest BCUT2D eigenvalue weighted by atomic mass is 16.6. The van der Waals surface area contributed by atoms with Crippen LogP contribution in [0.15, 0.2) is 54.6 Å². The zero-order valence-corrected chi connectivity index (χ0v) is 16.7. The number of benzene rings is 2. The summed E-state index contributed by atoms with van der Waals surface area (Å²) in [5.74, 6) is 0.219. The van der Waals surface area contributed by atoms with Crippen LogP contribution >= 0.6 is 0 Å². The van der Waals surface area contributed by atoms with Gasteiger partial charge in [-0.05, 0) is 56.4 Å². The molecule has 148 valence electrons. The average Bonchev–Trinajstić information content (AvgIpc) is 2.84. The molecule has 3 rings (SSSR count). The van der Waals surface area contributed by atoms with Gasteiger partial charge in [0.05, 0.1) is 6.04 Å². The van der Waals surface area contributed by atoms with Gasteiger partial charge in [0.1, 0.15) is 11.4 Å². The Bertz CT molecular complexity index is 832. The molecule has 1 atom stereocenters. The van der Waals surface area contributed by atoms with Crippen LogP contribution in [0.3, 0.4) is 0 Å². The molecule has 1 saturated heterocycles. The highest BCUT2D eigenvalue weighted by molar-refractivity contribution is 5.71. The van der Waals surface area contributed by atoms with Gasteiger partial charge in [0.15, 0.2) is 0 Å². The Kier molecular flexibility index (Phi) is 6.02. The van der Waals surface area contributed by atoms with Gasteiger partial charge in [0.25, 0.3) is 0 Å². The van der Waals surface area contributed by atoms with E-state index >= 15 is 0 Å². The number of nitrogens with zero attached hydrogens (tertiary/aromatic N) is 1. The third-order valence-electron chi connectivity index (χ3n) is 5.06. The predicted molar refractivity (Wildman–Crippen MR) is 107 cm³/mol. The highest BCUT2D eigenvalue weighted by Crippen LogP contribution is 2.32. The van der Waals surface area contributed by atoms with E-state index in [4.69, 9.17) is 9.47 Å². The molecule has 28 heavy (non-hydrogen) atoms. The van der Waals surface area contributed by atoms with Crippen LogP contribution in [0.2, 0.25) is 0 Å². The second kappa shape index (κ2) is 8.46. The van der Waals surface area contributed by atoms with Crippen molar-refractivity contribution >= 4 is 12.1 Å². The van der Waals surface area contributed by atoms with Crippen molar-refractivity contribution in [1.29, 1.82) is 0 Å². The molecule has 2 aromatic carbocycles. The number of ether oxygens (including phenoxy) is 2. The zero-order chi connectivity index (χ0) is 20.1. The predicted octanol–water partition coefficient (Wildman–Crippen LogP) is 4.39. The van der Waals surface area contributed by atoms with Crippen LogP contribution in [0.5, 0.6) is 5.75 Å². The molecule has 0 aliphatic carbocycles. The molecule has 0 radical (unpaired) electrons. The first-order chi connectivity index (χ1) is 13.3. The smallest absolute Gasteiger partial charge is 0.410 e. The molecule has 5 heteroatoms. The number of cyclic esters (lactones) is 1. The van der Waals surface area contributed by atoms with Crippen molar-refractivity contribution in [2.45, 2.75) is 51.7 Å². The van der Waals surface area contributed by atoms with Crippen LogP contribution in [0, 0.1) is 0 Å². The van der Waals surface area contributed by atoms with Crippen molar-refractivity contribution in [2.24, 2.45) is 0 Å². The number of hydrogen-bond acceptors (Lipinski definition) is 4. The Morgan fingerprint density at radius 3 is 2.54 bits per heavy atom. The van der Waals surface area contributed by atoms with Gasteiger partial charge in [-0.15, -0.1) is 0 Å². The first-order valence-corrected chi connectivity index (χ1v) is 9.66. The molecule has 0 aromatic heterocycles. The molecule has 0 bridgehead atoms. The Hall–Kier alpha value is -2.82. The minimum absolute atomic E-state index is 0.00483. The lowest BCUT2D eigenvalue weighted by Crippen LogP contribution is -2.43. The second-order valence-electron chi connectivity index (χ2n) is 7.71. The maximum atomic E-state index is 12.5. The van der Waals surface area contributed by atoms with Gasteiger partial charge in [-0.25, -0.2) is 4.79 Å². The van der Waals surface area contributed by atoms with E-state index in [1.807, 2.05) is 55.1 Å². The molecule has 2 aromatic rings. The molecular weight excluding hydrogens is 354 g/mol. The van der Waals surface area contributed by atoms with E-state index in [1.54, 1.807) is 6.07 Å². The molecule has 0 spiro atoms. The number of aryl methyl sites for hydroxylation is 1. The molecule has 1 amide bonds. The number of hydrogen-bond donors (Lipinski definition) is 0. The lowest BCUT2D eigenvalue weighted by molar-refractivity contribution is -0.131. The third-order valence-corrected chi connectivity index (χ3v) is 5.06. The SMILES string of the molecule is CC(=O)Oc1cccc(CCCN2C(=O)OC(C)(C)C2Cc2ccccc2)c1. The van der Waals surface area contributed by atoms with Crippen molar-refractivity contribution in [3.63, 3.8) is 0 Å². The topological polar surface area (TPSA) is 55.8 Å². The van der Waals surface area contributed by atoms with Gasteiger partial charge < -0.3 is 14.4 Å². The molecule has 1 heterocycles. The van der Waals surface area contributed by atoms with Crippen molar-refractivity contribution in [3.8, 4) is 5.75 Å². The maximum Gasteiger partial charge on any atom is 0.410 e. The Morgan fingerprint density at radius 2 is 1.82 bits per heavy atom. The second-order valence-corrected chi connectivity index (χ2v) is 7.71. The number of carbonyl (C=O) groups is 2. The molecule has 1 aliphatic heterocycles. The zero-order valence-electron chi connectivity index (χ0n) is 16.7. The summed E-state index contributed by atoms with van der Waals surface area (Å²) in [5.41, 5.74) is 1.74. The standard InChI is InChI=1S/C23H27NO4/c1-17(25)27-20-13-7-11-18(15-20)12-8-14-24-21(23(2,3)28-22(24)26)16-19-9-5-4-6-10-19/h4-7,9-11,13,15,21H,8,12,14,16H2,1-3H3. The van der Waals surface area contributed by atoms with E-state index in [1.165, 1.54) is 12.5 Å². The Morgan fingerprint density at radius 1 is 1.11 bits per heavy atom. The highest BCUT2D eigenvalue weighted by Gasteiger charge is 2.47. The summed E-state index contributed by atoms with van der Waals surface area (Å²) >= 11 is 0. The Balaban J connectivity index is 1.63. The number of esters is 1. The minimum atomic E-state index is -0.526. The van der Waals surface area contributed by atoms with Gasteiger partial charge in [0.2, 0.25) is 0 Å². The molecule has 1 aliphatic rings. The van der Waals surface area contributed by atoms with Gasteiger partial charge in [-0.2, -0.15) is 0 Å². The normalized spacial score (nSPS) is 18.0. The van der Waals surface area contributed by atoms with Crippen molar-refractivity contribution in [3.05, 3.63) is 65.7 Å². The first-order valence-electron chi connectivity index (χ1n) is 9.66. The van der Waals surface area contributed by atoms with E-state index < -0.39 is 5.60 Å². The summed E-state index contributed by atoms with van der Waals surface area (Å²) in [6, 6.07) is 17.7. The van der Waals surface area contributed by atoms with Gasteiger partial charge in [-0.3, -0.25) is 4.79 Å². The summed E-state index contributed by atoms with van der Waals surface area (Å²) in [4.78, 5) is 25.4.